The number of unbranched alkanes of at least 4 members (excludes halogenated alkanes) is 2. The fraction of sp³-hybridized carbons (Fsp3) is 0.629. The van der Waals surface area contributed by atoms with Crippen LogP contribution in [0, 0.1) is 17.3 Å². The van der Waals surface area contributed by atoms with Gasteiger partial charge < -0.3 is 19.6 Å². The number of hydrogen-bond acceptors (Lipinski definition) is 6. The number of amides is 2. The Balaban J connectivity index is 1.77. The first kappa shape index (κ1) is 33.3. The molecule has 4 rings (SSSR count). The van der Waals surface area contributed by atoms with Gasteiger partial charge in [-0.3, -0.25) is 14.4 Å². The molecule has 0 saturated carbocycles. The van der Waals surface area contributed by atoms with Crippen LogP contribution < -0.4 is 0 Å². The summed E-state index contributed by atoms with van der Waals surface area (Å²) in [6.45, 7) is 18.6. The van der Waals surface area contributed by atoms with E-state index < -0.39 is 34.2 Å². The molecule has 3 aliphatic heterocycles. The molecule has 236 valence electrons. The lowest BCUT2D eigenvalue weighted by molar-refractivity contribution is -0.154. The lowest BCUT2D eigenvalue weighted by atomic mass is 9.71. The van der Waals surface area contributed by atoms with Gasteiger partial charge in [0.2, 0.25) is 11.8 Å². The zero-order valence-corrected chi connectivity index (χ0v) is 27.4. The molecular weight excluding hydrogens is 560 g/mol. The highest BCUT2D eigenvalue weighted by atomic mass is 32.2. The molecule has 1 N–H and O–H groups in total. The Morgan fingerprint density at radius 1 is 1.16 bits per heavy atom. The van der Waals surface area contributed by atoms with Gasteiger partial charge in [-0.05, 0) is 63.4 Å². The molecule has 0 radical (unpaired) electrons. The largest absolute Gasteiger partial charge is 0.465 e. The van der Waals surface area contributed by atoms with Crippen molar-refractivity contribution in [1.82, 2.24) is 9.80 Å². The SMILES string of the molecule is C=CCCCCOC(=O)[C@@H]1[C@H]2C(=O)N([C@H](CO)c3ccccc3)C(C(=O)N(CC=C)C(C)(C)CC(C)(C)C)C23CC[C@H]1S3. The predicted octanol–water partition coefficient (Wildman–Crippen LogP) is 5.94. The average molecular weight is 611 g/mol. The lowest BCUT2D eigenvalue weighted by Crippen LogP contribution is -2.60. The van der Waals surface area contributed by atoms with E-state index in [1.165, 1.54) is 0 Å². The van der Waals surface area contributed by atoms with E-state index in [9.17, 15) is 14.7 Å². The second kappa shape index (κ2) is 13.2. The minimum atomic E-state index is -0.832. The number of esters is 1. The number of allylic oxidation sites excluding steroid dienone is 1. The standard InChI is InChI=1S/C35H50N2O5S/c1-8-10-11-15-21-42-32(41)27-26-18-19-35(43-26)28(27)30(39)37(25(22-38)24-16-13-12-14-17-24)29(35)31(40)36(20-9-2)34(6,7)23-33(3,4)5/h8-9,12-14,16-17,25-29,38H,1-2,10-11,15,18-23H2,3-7H3/t25-,26-,27+,28+,29?,35?/m1/s1. The van der Waals surface area contributed by atoms with Crippen LogP contribution in [0.1, 0.15) is 84.7 Å². The van der Waals surface area contributed by atoms with Crippen LogP contribution in [0.25, 0.3) is 0 Å². The first-order chi connectivity index (χ1) is 20.3. The maximum Gasteiger partial charge on any atom is 0.310 e. The van der Waals surface area contributed by atoms with Gasteiger partial charge in [0.25, 0.3) is 0 Å². The normalized spacial score (nSPS) is 27.1. The average Bonchev–Trinajstić information content (AvgIpc) is 3.58. The molecule has 3 heterocycles. The van der Waals surface area contributed by atoms with Gasteiger partial charge in [-0.25, -0.2) is 0 Å². The minimum absolute atomic E-state index is 0.0477. The van der Waals surface area contributed by atoms with Crippen molar-refractivity contribution in [3.05, 3.63) is 61.2 Å². The van der Waals surface area contributed by atoms with Crippen LogP contribution in [-0.2, 0) is 19.1 Å². The molecule has 6 atom stereocenters. The van der Waals surface area contributed by atoms with Gasteiger partial charge in [0.15, 0.2) is 0 Å². The first-order valence-corrected chi connectivity index (χ1v) is 16.6. The fourth-order valence-electron chi connectivity index (χ4n) is 7.97. The smallest absolute Gasteiger partial charge is 0.310 e. The molecule has 2 unspecified atom stereocenters. The number of ether oxygens (including phenoxy) is 1. The van der Waals surface area contributed by atoms with Gasteiger partial charge in [-0.15, -0.1) is 24.9 Å². The summed E-state index contributed by atoms with van der Waals surface area (Å²) in [5.74, 6) is -2.03. The van der Waals surface area contributed by atoms with Crippen molar-refractivity contribution < 1.29 is 24.2 Å². The summed E-state index contributed by atoms with van der Waals surface area (Å²) in [6, 6.07) is 7.85. The highest BCUT2D eigenvalue weighted by Gasteiger charge is 2.75. The Bertz CT molecular complexity index is 1190. The van der Waals surface area contributed by atoms with Crippen LogP contribution in [0.5, 0.6) is 0 Å². The number of fused-ring (bicyclic) bond motifs is 1. The van der Waals surface area contributed by atoms with E-state index in [0.717, 1.165) is 37.7 Å². The third kappa shape index (κ3) is 6.46. The van der Waals surface area contributed by atoms with Gasteiger partial charge in [-0.2, -0.15) is 0 Å². The van der Waals surface area contributed by atoms with Crippen LogP contribution >= 0.6 is 11.8 Å². The van der Waals surface area contributed by atoms with E-state index >= 15 is 4.79 Å². The van der Waals surface area contributed by atoms with Crippen molar-refractivity contribution in [3.63, 3.8) is 0 Å². The number of likely N-dealkylation sites (tertiary alicyclic amines) is 1. The van der Waals surface area contributed by atoms with Crippen LogP contribution in [-0.4, -0.2) is 74.0 Å². The molecule has 1 spiro atoms. The Kier molecular flexibility index (Phi) is 10.2. The molecule has 2 bridgehead atoms. The van der Waals surface area contributed by atoms with E-state index in [0.29, 0.717) is 19.6 Å². The number of carbonyl (C=O) groups is 3. The number of aliphatic hydroxyl groups excluding tert-OH is 1. The fourth-order valence-corrected chi connectivity index (χ4v) is 10.2. The van der Waals surface area contributed by atoms with E-state index in [-0.39, 0.29) is 35.1 Å². The van der Waals surface area contributed by atoms with E-state index in [2.05, 4.69) is 47.8 Å². The van der Waals surface area contributed by atoms with Crippen LogP contribution in [0.3, 0.4) is 0 Å². The Hall–Kier alpha value is -2.58. The quantitative estimate of drug-likeness (QED) is 0.159. The van der Waals surface area contributed by atoms with Gasteiger partial charge in [0.1, 0.15) is 6.04 Å². The summed E-state index contributed by atoms with van der Waals surface area (Å²) in [5.41, 5.74) is 0.186. The maximum absolute atomic E-state index is 15.0. The highest BCUT2D eigenvalue weighted by molar-refractivity contribution is 8.02. The van der Waals surface area contributed by atoms with Crippen LogP contribution in [0.15, 0.2) is 55.6 Å². The van der Waals surface area contributed by atoms with Crippen molar-refractivity contribution in [3.8, 4) is 0 Å². The van der Waals surface area contributed by atoms with E-state index in [1.54, 1.807) is 22.7 Å². The number of aliphatic hydroxyl groups is 1. The van der Waals surface area contributed by atoms with Gasteiger partial charge in [0.05, 0.1) is 35.8 Å². The zero-order chi connectivity index (χ0) is 31.6. The minimum Gasteiger partial charge on any atom is -0.465 e. The number of carbonyl (C=O) groups excluding carboxylic acids is 3. The summed E-state index contributed by atoms with van der Waals surface area (Å²) in [7, 11) is 0. The summed E-state index contributed by atoms with van der Waals surface area (Å²) in [4.78, 5) is 46.8. The molecule has 0 aliphatic carbocycles. The third-order valence-corrected chi connectivity index (χ3v) is 11.2. The number of thioether (sulfide) groups is 1. The maximum atomic E-state index is 15.0. The van der Waals surface area contributed by atoms with E-state index in [4.69, 9.17) is 4.74 Å². The topological polar surface area (TPSA) is 87.1 Å². The number of rotatable bonds is 14. The molecule has 2 amide bonds. The van der Waals surface area contributed by atoms with Crippen molar-refractivity contribution in [1.29, 1.82) is 0 Å². The number of benzene rings is 1. The molecular formula is C35H50N2O5S. The molecule has 3 saturated heterocycles. The number of hydrogen-bond donors (Lipinski definition) is 1. The summed E-state index contributed by atoms with van der Waals surface area (Å²) < 4.78 is 4.99. The molecule has 3 fully saturated rings. The van der Waals surface area contributed by atoms with Gasteiger partial charge >= 0.3 is 5.97 Å². The molecule has 1 aromatic rings. The molecule has 8 heteroatoms. The Labute approximate surface area is 262 Å². The van der Waals surface area contributed by atoms with Crippen molar-refractivity contribution in [2.75, 3.05) is 19.8 Å². The monoisotopic (exact) mass is 610 g/mol. The second-order valence-electron chi connectivity index (χ2n) is 14.1. The third-order valence-electron chi connectivity index (χ3n) is 9.26. The molecule has 3 aliphatic rings. The highest BCUT2D eigenvalue weighted by Crippen LogP contribution is 2.67. The van der Waals surface area contributed by atoms with E-state index in [1.807, 2.05) is 41.3 Å². The Morgan fingerprint density at radius 2 is 1.86 bits per heavy atom. The lowest BCUT2D eigenvalue weighted by Gasteiger charge is -2.46. The second-order valence-corrected chi connectivity index (χ2v) is 15.8. The van der Waals surface area contributed by atoms with Crippen molar-refractivity contribution >= 4 is 29.5 Å². The molecule has 43 heavy (non-hydrogen) atoms. The zero-order valence-electron chi connectivity index (χ0n) is 26.6. The van der Waals surface area contributed by atoms with Crippen molar-refractivity contribution in [2.24, 2.45) is 17.3 Å². The predicted molar refractivity (Wildman–Crippen MR) is 172 cm³/mol. The summed E-state index contributed by atoms with van der Waals surface area (Å²) in [5, 5.41) is 10.7. The number of nitrogens with zero attached hydrogens (tertiary/aromatic N) is 2. The van der Waals surface area contributed by atoms with Crippen molar-refractivity contribution in [2.45, 2.75) is 101 Å². The summed E-state index contributed by atoms with van der Waals surface area (Å²) >= 11 is 1.63. The Morgan fingerprint density at radius 3 is 2.47 bits per heavy atom. The van der Waals surface area contributed by atoms with Gasteiger partial charge in [0, 0.05) is 17.3 Å². The molecule has 1 aromatic carbocycles. The summed E-state index contributed by atoms with van der Waals surface area (Å²) in [6.07, 6.45) is 8.21. The molecule has 0 aromatic heterocycles. The molecule has 7 nitrogen and oxygen atoms in total. The van der Waals surface area contributed by atoms with Gasteiger partial charge in [-0.1, -0.05) is 63.3 Å². The van der Waals surface area contributed by atoms with Crippen LogP contribution in [0.4, 0.5) is 0 Å². The first-order valence-electron chi connectivity index (χ1n) is 15.7. The van der Waals surface area contributed by atoms with Crippen LogP contribution in [0.2, 0.25) is 0 Å².